The van der Waals surface area contributed by atoms with Crippen molar-refractivity contribution in [3.8, 4) is 0 Å². The molecule has 1 atom stereocenters. The third-order valence-electron chi connectivity index (χ3n) is 1.83. The SMILES string of the molecule is Cc1cc(=O)n(CC(C)O)cc1N. The van der Waals surface area contributed by atoms with Gasteiger partial charge in [-0.15, -0.1) is 0 Å². The highest BCUT2D eigenvalue weighted by molar-refractivity contribution is 5.42. The van der Waals surface area contributed by atoms with Crippen molar-refractivity contribution in [3.05, 3.63) is 28.2 Å². The number of aromatic nitrogens is 1. The molecule has 0 fully saturated rings. The van der Waals surface area contributed by atoms with Gasteiger partial charge in [-0.25, -0.2) is 0 Å². The van der Waals surface area contributed by atoms with Crippen molar-refractivity contribution in [2.75, 3.05) is 5.73 Å². The maximum atomic E-state index is 11.3. The van der Waals surface area contributed by atoms with Gasteiger partial charge in [0.1, 0.15) is 0 Å². The smallest absolute Gasteiger partial charge is 0.251 e. The summed E-state index contributed by atoms with van der Waals surface area (Å²) in [6.07, 6.45) is 1.02. The Bertz CT molecular complexity index is 355. The molecule has 4 nitrogen and oxygen atoms in total. The number of nitrogen functional groups attached to an aromatic ring is 1. The number of nitrogens with zero attached hydrogens (tertiary/aromatic N) is 1. The largest absolute Gasteiger partial charge is 0.397 e. The van der Waals surface area contributed by atoms with E-state index in [1.165, 1.54) is 10.6 Å². The summed E-state index contributed by atoms with van der Waals surface area (Å²) in [6, 6.07) is 1.47. The number of rotatable bonds is 2. The highest BCUT2D eigenvalue weighted by atomic mass is 16.3. The third kappa shape index (κ3) is 2.32. The van der Waals surface area contributed by atoms with Crippen LogP contribution in [-0.4, -0.2) is 15.8 Å². The van der Waals surface area contributed by atoms with Crippen LogP contribution in [0.5, 0.6) is 0 Å². The van der Waals surface area contributed by atoms with Gasteiger partial charge in [0.2, 0.25) is 0 Å². The molecule has 0 saturated carbocycles. The minimum atomic E-state index is -0.542. The number of aliphatic hydroxyl groups is 1. The molecule has 4 heteroatoms. The Kier molecular flexibility index (Phi) is 2.72. The zero-order chi connectivity index (χ0) is 10.0. The lowest BCUT2D eigenvalue weighted by atomic mass is 10.2. The lowest BCUT2D eigenvalue weighted by Crippen LogP contribution is -2.25. The van der Waals surface area contributed by atoms with E-state index in [1.54, 1.807) is 20.0 Å². The van der Waals surface area contributed by atoms with Crippen LogP contribution in [0.15, 0.2) is 17.1 Å². The molecule has 0 amide bonds. The Morgan fingerprint density at radius 3 is 2.85 bits per heavy atom. The topological polar surface area (TPSA) is 68.2 Å². The quantitative estimate of drug-likeness (QED) is 0.682. The molecule has 0 bridgehead atoms. The predicted molar refractivity (Wildman–Crippen MR) is 51.5 cm³/mol. The van der Waals surface area contributed by atoms with Crippen LogP contribution >= 0.6 is 0 Å². The summed E-state index contributed by atoms with van der Waals surface area (Å²) in [5.74, 6) is 0. The van der Waals surface area contributed by atoms with Gasteiger partial charge in [0, 0.05) is 12.3 Å². The van der Waals surface area contributed by atoms with Crippen molar-refractivity contribution in [1.29, 1.82) is 0 Å². The Morgan fingerprint density at radius 1 is 1.69 bits per heavy atom. The van der Waals surface area contributed by atoms with Crippen LogP contribution in [-0.2, 0) is 6.54 Å². The summed E-state index contributed by atoms with van der Waals surface area (Å²) in [7, 11) is 0. The van der Waals surface area contributed by atoms with Crippen LogP contribution in [0.2, 0.25) is 0 Å². The Morgan fingerprint density at radius 2 is 2.31 bits per heavy atom. The molecule has 0 aliphatic rings. The average Bonchev–Trinajstić information content (AvgIpc) is 1.99. The van der Waals surface area contributed by atoms with Gasteiger partial charge >= 0.3 is 0 Å². The normalized spacial score (nSPS) is 12.8. The van der Waals surface area contributed by atoms with Gasteiger partial charge in [0.05, 0.1) is 18.3 Å². The van der Waals surface area contributed by atoms with Gasteiger partial charge in [-0.05, 0) is 19.4 Å². The third-order valence-corrected chi connectivity index (χ3v) is 1.83. The van der Waals surface area contributed by atoms with Crippen LogP contribution in [0, 0.1) is 6.92 Å². The lowest BCUT2D eigenvalue weighted by Gasteiger charge is -2.09. The van der Waals surface area contributed by atoms with Crippen LogP contribution in [0.3, 0.4) is 0 Å². The molecule has 1 aromatic rings. The van der Waals surface area contributed by atoms with Crippen molar-refractivity contribution in [2.24, 2.45) is 0 Å². The molecular weight excluding hydrogens is 168 g/mol. The van der Waals surface area contributed by atoms with Crippen molar-refractivity contribution < 1.29 is 5.11 Å². The van der Waals surface area contributed by atoms with Crippen LogP contribution in [0.4, 0.5) is 5.69 Å². The lowest BCUT2D eigenvalue weighted by molar-refractivity contribution is 0.172. The number of anilines is 1. The van der Waals surface area contributed by atoms with E-state index in [0.29, 0.717) is 5.69 Å². The van der Waals surface area contributed by atoms with Gasteiger partial charge in [-0.2, -0.15) is 0 Å². The first-order valence-corrected chi connectivity index (χ1v) is 4.15. The standard InChI is InChI=1S/C9H14N2O2/c1-6-3-9(13)11(4-7(2)12)5-8(6)10/h3,5,7,12H,4,10H2,1-2H3. The van der Waals surface area contributed by atoms with Crippen molar-refractivity contribution in [1.82, 2.24) is 4.57 Å². The second kappa shape index (κ2) is 3.62. The molecule has 1 rings (SSSR count). The van der Waals surface area contributed by atoms with Crippen molar-refractivity contribution in [2.45, 2.75) is 26.5 Å². The predicted octanol–water partition coefficient (Wildman–Crippen LogP) is 0.120. The fourth-order valence-corrected chi connectivity index (χ4v) is 1.11. The fraction of sp³-hybridized carbons (Fsp3) is 0.444. The summed E-state index contributed by atoms with van der Waals surface area (Å²) >= 11 is 0. The number of nitrogens with two attached hydrogens (primary N) is 1. The van der Waals surface area contributed by atoms with Crippen LogP contribution < -0.4 is 11.3 Å². The molecule has 0 aliphatic carbocycles. The number of pyridine rings is 1. The highest BCUT2D eigenvalue weighted by Gasteiger charge is 2.02. The number of aryl methyl sites for hydroxylation is 1. The minimum Gasteiger partial charge on any atom is -0.397 e. The number of hydrogen-bond donors (Lipinski definition) is 2. The molecule has 13 heavy (non-hydrogen) atoms. The molecule has 0 saturated heterocycles. The van der Waals surface area contributed by atoms with Gasteiger partial charge < -0.3 is 15.4 Å². The van der Waals surface area contributed by atoms with E-state index in [-0.39, 0.29) is 12.1 Å². The molecular formula is C9H14N2O2. The second-order valence-electron chi connectivity index (χ2n) is 3.25. The molecule has 1 unspecified atom stereocenters. The number of hydrogen-bond acceptors (Lipinski definition) is 3. The van der Waals surface area contributed by atoms with Crippen molar-refractivity contribution >= 4 is 5.69 Å². The Balaban J connectivity index is 3.09. The van der Waals surface area contributed by atoms with Gasteiger partial charge in [0.15, 0.2) is 0 Å². The first-order valence-electron chi connectivity index (χ1n) is 4.15. The molecule has 0 aromatic carbocycles. The molecule has 0 radical (unpaired) electrons. The molecule has 72 valence electrons. The Labute approximate surface area is 76.6 Å². The maximum Gasteiger partial charge on any atom is 0.251 e. The van der Waals surface area contributed by atoms with E-state index >= 15 is 0 Å². The fourth-order valence-electron chi connectivity index (χ4n) is 1.11. The maximum absolute atomic E-state index is 11.3. The molecule has 1 aromatic heterocycles. The van der Waals surface area contributed by atoms with Gasteiger partial charge in [-0.1, -0.05) is 0 Å². The average molecular weight is 182 g/mol. The van der Waals surface area contributed by atoms with E-state index in [1.807, 2.05) is 0 Å². The molecule has 0 spiro atoms. The first-order chi connectivity index (χ1) is 6.00. The summed E-state index contributed by atoms with van der Waals surface area (Å²) in [5.41, 5.74) is 6.83. The minimum absolute atomic E-state index is 0.132. The summed E-state index contributed by atoms with van der Waals surface area (Å²) in [6.45, 7) is 3.69. The Hall–Kier alpha value is -1.29. The summed E-state index contributed by atoms with van der Waals surface area (Å²) in [4.78, 5) is 11.3. The zero-order valence-corrected chi connectivity index (χ0v) is 7.82. The van der Waals surface area contributed by atoms with E-state index in [4.69, 9.17) is 10.8 Å². The van der Waals surface area contributed by atoms with E-state index in [9.17, 15) is 4.79 Å². The van der Waals surface area contributed by atoms with Gasteiger partial charge in [-0.3, -0.25) is 4.79 Å². The molecule has 1 heterocycles. The monoisotopic (exact) mass is 182 g/mol. The van der Waals surface area contributed by atoms with Gasteiger partial charge in [0.25, 0.3) is 5.56 Å². The summed E-state index contributed by atoms with van der Waals surface area (Å²) < 4.78 is 1.41. The van der Waals surface area contributed by atoms with Crippen LogP contribution in [0.1, 0.15) is 12.5 Å². The highest BCUT2D eigenvalue weighted by Crippen LogP contribution is 2.05. The summed E-state index contributed by atoms with van der Waals surface area (Å²) in [5, 5.41) is 9.09. The van der Waals surface area contributed by atoms with Crippen molar-refractivity contribution in [3.63, 3.8) is 0 Å². The second-order valence-corrected chi connectivity index (χ2v) is 3.25. The molecule has 0 aliphatic heterocycles. The van der Waals surface area contributed by atoms with E-state index in [2.05, 4.69) is 0 Å². The molecule has 3 N–H and O–H groups in total. The zero-order valence-electron chi connectivity index (χ0n) is 7.82. The van der Waals surface area contributed by atoms with Crippen LogP contribution in [0.25, 0.3) is 0 Å². The van der Waals surface area contributed by atoms with E-state index in [0.717, 1.165) is 5.56 Å². The first kappa shape index (κ1) is 9.80. The number of aliphatic hydroxyl groups excluding tert-OH is 1. The van der Waals surface area contributed by atoms with E-state index < -0.39 is 6.10 Å².